The van der Waals surface area contributed by atoms with Gasteiger partial charge >= 0.3 is 5.97 Å². The van der Waals surface area contributed by atoms with E-state index >= 15 is 0 Å². The third-order valence-corrected chi connectivity index (χ3v) is 4.13. The largest absolute Gasteiger partial charge is 0.458 e. The van der Waals surface area contributed by atoms with Crippen molar-refractivity contribution in [2.45, 2.75) is 51.4 Å². The van der Waals surface area contributed by atoms with E-state index in [1.165, 1.54) is 0 Å². The van der Waals surface area contributed by atoms with Crippen molar-refractivity contribution in [3.8, 4) is 0 Å². The summed E-state index contributed by atoms with van der Waals surface area (Å²) in [5.41, 5.74) is 1.49. The van der Waals surface area contributed by atoms with E-state index in [2.05, 4.69) is 6.58 Å². The van der Waals surface area contributed by atoms with E-state index in [-0.39, 0.29) is 23.9 Å². The Bertz CT molecular complexity index is 410. The Labute approximate surface area is 113 Å². The van der Waals surface area contributed by atoms with Crippen molar-refractivity contribution in [1.82, 2.24) is 0 Å². The predicted molar refractivity (Wildman–Crippen MR) is 71.3 cm³/mol. The second-order valence-corrected chi connectivity index (χ2v) is 5.75. The summed E-state index contributed by atoms with van der Waals surface area (Å²) in [6.07, 6.45) is 2.44. The van der Waals surface area contributed by atoms with Crippen molar-refractivity contribution in [1.29, 1.82) is 0 Å². The van der Waals surface area contributed by atoms with E-state index in [1.54, 1.807) is 6.92 Å². The van der Waals surface area contributed by atoms with Crippen molar-refractivity contribution >= 4 is 5.97 Å². The zero-order valence-corrected chi connectivity index (χ0v) is 11.5. The van der Waals surface area contributed by atoms with Crippen LogP contribution in [0.1, 0.15) is 33.1 Å². The molecule has 4 nitrogen and oxygen atoms in total. The number of carbonyl (C=O) groups is 1. The summed E-state index contributed by atoms with van der Waals surface area (Å²) in [7, 11) is 0. The third kappa shape index (κ3) is 2.90. The predicted octanol–water partition coefficient (Wildman–Crippen LogP) is 1.57. The molecule has 1 saturated heterocycles. The molecule has 0 bridgehead atoms. The summed E-state index contributed by atoms with van der Waals surface area (Å²) in [6, 6.07) is 0. The van der Waals surface area contributed by atoms with Gasteiger partial charge in [0.25, 0.3) is 0 Å². The fourth-order valence-corrected chi connectivity index (χ4v) is 3.05. The molecule has 2 aliphatic rings. The SMILES string of the molecule is C=C1C(=O)O[C@H]2C[C@H](C)C([C@@H](O)C[C@H](C)O)=CC[C@H]12. The van der Waals surface area contributed by atoms with Gasteiger partial charge in [0.15, 0.2) is 0 Å². The Hall–Kier alpha value is -1.13. The molecule has 0 saturated carbocycles. The molecule has 0 aromatic heterocycles. The fraction of sp³-hybridized carbons (Fsp3) is 0.667. The molecular formula is C15H22O4. The lowest BCUT2D eigenvalue weighted by Crippen LogP contribution is -2.23. The number of esters is 1. The number of carbonyl (C=O) groups excluding carboxylic acids is 1. The second kappa shape index (κ2) is 5.47. The monoisotopic (exact) mass is 266 g/mol. The quantitative estimate of drug-likeness (QED) is 0.462. The first kappa shape index (κ1) is 14.3. The minimum absolute atomic E-state index is 0.0335. The van der Waals surface area contributed by atoms with Crippen LogP contribution in [0.3, 0.4) is 0 Å². The van der Waals surface area contributed by atoms with Crippen molar-refractivity contribution in [2.24, 2.45) is 11.8 Å². The first-order chi connectivity index (χ1) is 8.90. The second-order valence-electron chi connectivity index (χ2n) is 5.75. The average Bonchev–Trinajstić information content (AvgIpc) is 2.47. The lowest BCUT2D eigenvalue weighted by Gasteiger charge is -2.22. The highest BCUT2D eigenvalue weighted by Crippen LogP contribution is 2.39. The van der Waals surface area contributed by atoms with Crippen LogP contribution in [-0.4, -0.2) is 34.5 Å². The number of ether oxygens (including phenoxy) is 1. The first-order valence-corrected chi connectivity index (χ1v) is 6.86. The summed E-state index contributed by atoms with van der Waals surface area (Å²) >= 11 is 0. The molecule has 106 valence electrons. The maximum Gasteiger partial charge on any atom is 0.334 e. The van der Waals surface area contributed by atoms with E-state index in [0.717, 1.165) is 5.57 Å². The van der Waals surface area contributed by atoms with Crippen LogP contribution in [0.15, 0.2) is 23.8 Å². The van der Waals surface area contributed by atoms with Gasteiger partial charge in [0.2, 0.25) is 0 Å². The average molecular weight is 266 g/mol. The summed E-state index contributed by atoms with van der Waals surface area (Å²) < 4.78 is 5.33. The van der Waals surface area contributed by atoms with E-state index in [0.29, 0.717) is 24.8 Å². The van der Waals surface area contributed by atoms with Crippen molar-refractivity contribution in [3.05, 3.63) is 23.8 Å². The Morgan fingerprint density at radius 2 is 2.21 bits per heavy atom. The zero-order chi connectivity index (χ0) is 14.2. The summed E-state index contributed by atoms with van der Waals surface area (Å²) in [5, 5.41) is 19.5. The van der Waals surface area contributed by atoms with Crippen LogP contribution in [-0.2, 0) is 9.53 Å². The third-order valence-electron chi connectivity index (χ3n) is 4.13. The van der Waals surface area contributed by atoms with Gasteiger partial charge in [-0.1, -0.05) is 19.6 Å². The Morgan fingerprint density at radius 1 is 1.53 bits per heavy atom. The molecule has 19 heavy (non-hydrogen) atoms. The molecule has 2 N–H and O–H groups in total. The van der Waals surface area contributed by atoms with Crippen LogP contribution < -0.4 is 0 Å². The molecule has 1 aliphatic carbocycles. The molecule has 0 unspecified atom stereocenters. The van der Waals surface area contributed by atoms with E-state index in [9.17, 15) is 15.0 Å². The molecule has 4 heteroatoms. The molecule has 5 atom stereocenters. The molecular weight excluding hydrogens is 244 g/mol. The van der Waals surface area contributed by atoms with Crippen LogP contribution in [0.4, 0.5) is 0 Å². The Kier molecular flexibility index (Phi) is 4.11. The molecule has 0 aromatic carbocycles. The molecule has 1 fully saturated rings. The number of aliphatic hydroxyl groups is 2. The topological polar surface area (TPSA) is 66.8 Å². The van der Waals surface area contributed by atoms with Crippen LogP contribution in [0.5, 0.6) is 0 Å². The van der Waals surface area contributed by atoms with Gasteiger partial charge in [0.05, 0.1) is 12.2 Å². The number of hydrogen-bond donors (Lipinski definition) is 2. The van der Waals surface area contributed by atoms with Crippen molar-refractivity contribution in [2.75, 3.05) is 0 Å². The highest BCUT2D eigenvalue weighted by atomic mass is 16.6. The summed E-state index contributed by atoms with van der Waals surface area (Å²) in [4.78, 5) is 11.5. The highest BCUT2D eigenvalue weighted by Gasteiger charge is 2.41. The van der Waals surface area contributed by atoms with Crippen molar-refractivity contribution < 1.29 is 19.7 Å². The van der Waals surface area contributed by atoms with Gasteiger partial charge in [0, 0.05) is 17.9 Å². The summed E-state index contributed by atoms with van der Waals surface area (Å²) in [6.45, 7) is 7.49. The molecule has 0 spiro atoms. The Balaban J connectivity index is 2.13. The molecule has 0 aromatic rings. The minimum Gasteiger partial charge on any atom is -0.458 e. The van der Waals surface area contributed by atoms with Crippen LogP contribution >= 0.6 is 0 Å². The van der Waals surface area contributed by atoms with Gasteiger partial charge in [0.1, 0.15) is 6.10 Å². The smallest absolute Gasteiger partial charge is 0.334 e. The van der Waals surface area contributed by atoms with E-state index < -0.39 is 12.2 Å². The van der Waals surface area contributed by atoms with Gasteiger partial charge in [-0.05, 0) is 31.3 Å². The van der Waals surface area contributed by atoms with E-state index in [4.69, 9.17) is 4.74 Å². The number of fused-ring (bicyclic) bond motifs is 1. The van der Waals surface area contributed by atoms with Gasteiger partial charge in [-0.15, -0.1) is 0 Å². The maximum atomic E-state index is 11.5. The standard InChI is InChI=1S/C15H22O4/c1-8-6-14-12(10(3)15(18)19-14)5-4-11(8)13(17)7-9(2)16/h4,8-9,12-14,16-17H,3,5-7H2,1-2H3/t8-,9-,12+,13-,14-/m0/s1. The van der Waals surface area contributed by atoms with Gasteiger partial charge in [-0.25, -0.2) is 4.79 Å². The van der Waals surface area contributed by atoms with E-state index in [1.807, 2.05) is 13.0 Å². The minimum atomic E-state index is -0.627. The van der Waals surface area contributed by atoms with Crippen LogP contribution in [0, 0.1) is 11.8 Å². The molecule has 2 rings (SSSR count). The number of rotatable bonds is 3. The highest BCUT2D eigenvalue weighted by molar-refractivity contribution is 5.90. The normalized spacial score (nSPS) is 34.1. The lowest BCUT2D eigenvalue weighted by atomic mass is 9.89. The van der Waals surface area contributed by atoms with Crippen molar-refractivity contribution in [3.63, 3.8) is 0 Å². The zero-order valence-electron chi connectivity index (χ0n) is 11.5. The maximum absolute atomic E-state index is 11.5. The van der Waals surface area contributed by atoms with Gasteiger partial charge in [-0.2, -0.15) is 0 Å². The van der Waals surface area contributed by atoms with Gasteiger partial charge in [-0.3, -0.25) is 0 Å². The fourth-order valence-electron chi connectivity index (χ4n) is 3.05. The molecule has 1 aliphatic heterocycles. The lowest BCUT2D eigenvalue weighted by molar-refractivity contribution is -0.139. The van der Waals surface area contributed by atoms with Crippen LogP contribution in [0.25, 0.3) is 0 Å². The molecule has 1 heterocycles. The van der Waals surface area contributed by atoms with Gasteiger partial charge < -0.3 is 14.9 Å². The first-order valence-electron chi connectivity index (χ1n) is 6.86. The summed E-state index contributed by atoms with van der Waals surface area (Å²) in [5.74, 6) is -0.114. The number of aliphatic hydroxyl groups excluding tert-OH is 2. The Morgan fingerprint density at radius 3 is 2.84 bits per heavy atom. The van der Waals surface area contributed by atoms with Crippen LogP contribution in [0.2, 0.25) is 0 Å². The molecule has 0 radical (unpaired) electrons. The number of hydrogen-bond acceptors (Lipinski definition) is 4. The molecule has 0 amide bonds. The number of allylic oxidation sites excluding steroid dienone is 1.